The van der Waals surface area contributed by atoms with Crippen LogP contribution < -0.4 is 4.74 Å². The standard InChI is InChI=1S/C11H15ClO/c1-7-5-11(13-4)10(6-12)9(3)8(7)2/h5H,6H2,1-4H3. The summed E-state index contributed by atoms with van der Waals surface area (Å²) in [6, 6.07) is 2.04. The Kier molecular flexibility index (Phi) is 3.21. The molecule has 1 nitrogen and oxygen atoms in total. The van der Waals surface area contributed by atoms with Gasteiger partial charge in [-0.3, -0.25) is 0 Å². The SMILES string of the molecule is COc1cc(C)c(C)c(C)c1CCl. The van der Waals surface area contributed by atoms with E-state index in [1.165, 1.54) is 16.7 Å². The van der Waals surface area contributed by atoms with Crippen LogP contribution in [0.1, 0.15) is 22.3 Å². The van der Waals surface area contributed by atoms with Crippen LogP contribution in [0.4, 0.5) is 0 Å². The Bertz CT molecular complexity index is 318. The van der Waals surface area contributed by atoms with Crippen LogP contribution in [0.15, 0.2) is 6.07 Å². The fraction of sp³-hybridized carbons (Fsp3) is 0.455. The molecule has 0 fully saturated rings. The van der Waals surface area contributed by atoms with Crippen molar-refractivity contribution in [3.63, 3.8) is 0 Å². The number of hydrogen-bond donors (Lipinski definition) is 0. The van der Waals surface area contributed by atoms with E-state index in [0.717, 1.165) is 11.3 Å². The van der Waals surface area contributed by atoms with E-state index in [1.54, 1.807) is 7.11 Å². The third kappa shape index (κ3) is 1.80. The maximum absolute atomic E-state index is 5.86. The van der Waals surface area contributed by atoms with Gasteiger partial charge in [0.25, 0.3) is 0 Å². The van der Waals surface area contributed by atoms with Gasteiger partial charge in [-0.2, -0.15) is 0 Å². The molecular weight excluding hydrogens is 184 g/mol. The molecule has 0 aliphatic heterocycles. The predicted octanol–water partition coefficient (Wildman–Crippen LogP) is 3.36. The topological polar surface area (TPSA) is 9.23 Å². The normalized spacial score (nSPS) is 10.2. The molecule has 0 atom stereocenters. The van der Waals surface area contributed by atoms with E-state index in [2.05, 4.69) is 20.8 Å². The molecule has 0 spiro atoms. The summed E-state index contributed by atoms with van der Waals surface area (Å²) in [6.07, 6.45) is 0. The molecule has 72 valence electrons. The zero-order chi connectivity index (χ0) is 10.0. The number of benzene rings is 1. The second-order valence-electron chi connectivity index (χ2n) is 3.26. The number of aryl methyl sites for hydroxylation is 1. The van der Waals surface area contributed by atoms with Gasteiger partial charge in [0.1, 0.15) is 5.75 Å². The van der Waals surface area contributed by atoms with E-state index < -0.39 is 0 Å². The molecule has 0 aliphatic carbocycles. The Morgan fingerprint density at radius 3 is 2.31 bits per heavy atom. The largest absolute Gasteiger partial charge is 0.496 e. The van der Waals surface area contributed by atoms with Crippen molar-refractivity contribution >= 4 is 11.6 Å². The van der Waals surface area contributed by atoms with Crippen molar-refractivity contribution < 1.29 is 4.74 Å². The smallest absolute Gasteiger partial charge is 0.123 e. The molecule has 0 N–H and O–H groups in total. The molecule has 2 heteroatoms. The summed E-state index contributed by atoms with van der Waals surface area (Å²) in [5.41, 5.74) is 4.90. The summed E-state index contributed by atoms with van der Waals surface area (Å²) in [6.45, 7) is 6.28. The average Bonchev–Trinajstić information content (AvgIpc) is 2.13. The molecule has 0 heterocycles. The van der Waals surface area contributed by atoms with Gasteiger partial charge in [0.15, 0.2) is 0 Å². The lowest BCUT2D eigenvalue weighted by atomic mass is 9.99. The second kappa shape index (κ2) is 4.01. The van der Waals surface area contributed by atoms with E-state index in [9.17, 15) is 0 Å². The first-order chi connectivity index (χ1) is 6.11. The third-order valence-corrected chi connectivity index (χ3v) is 2.87. The maximum Gasteiger partial charge on any atom is 0.123 e. The van der Waals surface area contributed by atoms with Gasteiger partial charge in [-0.25, -0.2) is 0 Å². The highest BCUT2D eigenvalue weighted by Crippen LogP contribution is 2.28. The maximum atomic E-state index is 5.86. The van der Waals surface area contributed by atoms with E-state index in [1.807, 2.05) is 6.07 Å². The van der Waals surface area contributed by atoms with Crippen molar-refractivity contribution in [2.24, 2.45) is 0 Å². The molecule has 1 aromatic carbocycles. The molecule has 0 unspecified atom stereocenters. The van der Waals surface area contributed by atoms with Gasteiger partial charge in [-0.15, -0.1) is 11.6 Å². The van der Waals surface area contributed by atoms with Gasteiger partial charge in [0.05, 0.1) is 13.0 Å². The highest BCUT2D eigenvalue weighted by atomic mass is 35.5. The minimum atomic E-state index is 0.510. The molecule has 1 aromatic rings. The second-order valence-corrected chi connectivity index (χ2v) is 3.53. The Morgan fingerprint density at radius 1 is 1.23 bits per heavy atom. The predicted molar refractivity (Wildman–Crippen MR) is 56.8 cm³/mol. The van der Waals surface area contributed by atoms with Crippen LogP contribution in [-0.2, 0) is 5.88 Å². The fourth-order valence-electron chi connectivity index (χ4n) is 1.45. The molecule has 13 heavy (non-hydrogen) atoms. The Hall–Kier alpha value is -0.690. The monoisotopic (exact) mass is 198 g/mol. The number of hydrogen-bond acceptors (Lipinski definition) is 1. The van der Waals surface area contributed by atoms with Crippen LogP contribution >= 0.6 is 11.6 Å². The van der Waals surface area contributed by atoms with Crippen molar-refractivity contribution in [2.75, 3.05) is 7.11 Å². The van der Waals surface area contributed by atoms with Gasteiger partial charge in [0, 0.05) is 5.56 Å². The lowest BCUT2D eigenvalue weighted by molar-refractivity contribution is 0.410. The summed E-state index contributed by atoms with van der Waals surface area (Å²) >= 11 is 5.86. The zero-order valence-corrected chi connectivity index (χ0v) is 9.33. The van der Waals surface area contributed by atoms with Crippen LogP contribution in [0.5, 0.6) is 5.75 Å². The minimum absolute atomic E-state index is 0.510. The van der Waals surface area contributed by atoms with Crippen LogP contribution in [-0.4, -0.2) is 7.11 Å². The summed E-state index contributed by atoms with van der Waals surface area (Å²) in [5, 5.41) is 0. The molecule has 0 bridgehead atoms. The van der Waals surface area contributed by atoms with Crippen molar-refractivity contribution in [1.82, 2.24) is 0 Å². The van der Waals surface area contributed by atoms with E-state index in [-0.39, 0.29) is 0 Å². The fourth-order valence-corrected chi connectivity index (χ4v) is 1.78. The summed E-state index contributed by atoms with van der Waals surface area (Å²) in [4.78, 5) is 0. The van der Waals surface area contributed by atoms with Gasteiger partial charge >= 0.3 is 0 Å². The summed E-state index contributed by atoms with van der Waals surface area (Å²) in [5.74, 6) is 1.41. The Labute approximate surface area is 84.7 Å². The third-order valence-electron chi connectivity index (χ3n) is 2.61. The number of rotatable bonds is 2. The minimum Gasteiger partial charge on any atom is -0.496 e. The van der Waals surface area contributed by atoms with Crippen molar-refractivity contribution in [1.29, 1.82) is 0 Å². The van der Waals surface area contributed by atoms with Crippen molar-refractivity contribution in [3.8, 4) is 5.75 Å². The van der Waals surface area contributed by atoms with Gasteiger partial charge in [-0.1, -0.05) is 0 Å². The zero-order valence-electron chi connectivity index (χ0n) is 8.57. The number of halogens is 1. The van der Waals surface area contributed by atoms with Gasteiger partial charge in [-0.05, 0) is 43.5 Å². The first kappa shape index (κ1) is 10.4. The number of methoxy groups -OCH3 is 1. The molecule has 0 aliphatic rings. The lowest BCUT2D eigenvalue weighted by Crippen LogP contribution is -1.97. The highest BCUT2D eigenvalue weighted by Gasteiger charge is 2.09. The first-order valence-corrected chi connectivity index (χ1v) is 4.85. The van der Waals surface area contributed by atoms with E-state index >= 15 is 0 Å². The molecule has 0 saturated heterocycles. The number of ether oxygens (including phenoxy) is 1. The van der Waals surface area contributed by atoms with Crippen LogP contribution in [0.3, 0.4) is 0 Å². The van der Waals surface area contributed by atoms with Gasteiger partial charge < -0.3 is 4.74 Å². The van der Waals surface area contributed by atoms with Crippen LogP contribution in [0.2, 0.25) is 0 Å². The molecular formula is C11H15ClO. The van der Waals surface area contributed by atoms with Crippen molar-refractivity contribution in [3.05, 3.63) is 28.3 Å². The van der Waals surface area contributed by atoms with Crippen molar-refractivity contribution in [2.45, 2.75) is 26.7 Å². The van der Waals surface area contributed by atoms with Crippen LogP contribution in [0, 0.1) is 20.8 Å². The van der Waals surface area contributed by atoms with Gasteiger partial charge in [0.2, 0.25) is 0 Å². The average molecular weight is 199 g/mol. The molecule has 0 radical (unpaired) electrons. The first-order valence-electron chi connectivity index (χ1n) is 4.31. The Balaban J connectivity index is 3.39. The Morgan fingerprint density at radius 2 is 1.85 bits per heavy atom. The summed E-state index contributed by atoms with van der Waals surface area (Å²) < 4.78 is 5.27. The quantitative estimate of drug-likeness (QED) is 0.663. The number of alkyl halides is 1. The van der Waals surface area contributed by atoms with E-state index in [0.29, 0.717) is 5.88 Å². The van der Waals surface area contributed by atoms with Crippen LogP contribution in [0.25, 0.3) is 0 Å². The molecule has 1 rings (SSSR count). The lowest BCUT2D eigenvalue weighted by Gasteiger charge is -2.13. The van der Waals surface area contributed by atoms with E-state index in [4.69, 9.17) is 16.3 Å². The highest BCUT2D eigenvalue weighted by molar-refractivity contribution is 6.17. The molecule has 0 amide bonds. The summed E-state index contributed by atoms with van der Waals surface area (Å²) in [7, 11) is 1.68. The molecule has 0 saturated carbocycles. The molecule has 0 aromatic heterocycles.